The highest BCUT2D eigenvalue weighted by molar-refractivity contribution is 5.94. The number of nitrogens with zero attached hydrogens (tertiary/aromatic N) is 3. The minimum Gasteiger partial charge on any atom is -0.384 e. The summed E-state index contributed by atoms with van der Waals surface area (Å²) in [5, 5.41) is 4.61. The summed E-state index contributed by atoms with van der Waals surface area (Å²) in [7, 11) is 1.74. The number of aromatic nitrogens is 2. The normalized spacial score (nSPS) is 23.8. The first-order valence-electron chi connectivity index (χ1n) is 8.78. The van der Waals surface area contributed by atoms with Gasteiger partial charge in [-0.05, 0) is 38.0 Å². The number of carbonyl (C=O) groups excluding carboxylic acids is 1. The van der Waals surface area contributed by atoms with Gasteiger partial charge in [0.15, 0.2) is 0 Å². The van der Waals surface area contributed by atoms with Gasteiger partial charge in [-0.15, -0.1) is 0 Å². The molecule has 4 rings (SSSR count). The van der Waals surface area contributed by atoms with E-state index in [0.29, 0.717) is 13.2 Å². The number of carbonyl (C=O) groups is 1. The number of hydrogen-bond acceptors (Lipinski definition) is 3. The van der Waals surface area contributed by atoms with Gasteiger partial charge < -0.3 is 9.64 Å². The average molecular weight is 315 g/mol. The largest absolute Gasteiger partial charge is 0.384 e. The Hall–Kier alpha value is -1.62. The maximum atomic E-state index is 12.7. The lowest BCUT2D eigenvalue weighted by Gasteiger charge is -2.33. The van der Waals surface area contributed by atoms with Crippen molar-refractivity contribution >= 4 is 5.91 Å². The molecule has 124 valence electrons. The van der Waals surface area contributed by atoms with Crippen LogP contribution in [0.5, 0.6) is 0 Å². The molecule has 2 heterocycles. The SMILES string of the molecule is COCC1CN(C(=O)C2=CCCC2)Cc2cnn(CC3CC3)c21. The Labute approximate surface area is 137 Å². The van der Waals surface area contributed by atoms with Crippen molar-refractivity contribution in [3.63, 3.8) is 0 Å². The lowest BCUT2D eigenvalue weighted by molar-refractivity contribution is -0.128. The van der Waals surface area contributed by atoms with Gasteiger partial charge in [0.05, 0.1) is 18.5 Å². The van der Waals surface area contributed by atoms with Crippen molar-refractivity contribution in [1.82, 2.24) is 14.7 Å². The Kier molecular flexibility index (Phi) is 3.97. The molecule has 1 atom stereocenters. The number of rotatable bonds is 5. The number of ether oxygens (including phenoxy) is 1. The van der Waals surface area contributed by atoms with Crippen molar-refractivity contribution in [2.24, 2.45) is 5.92 Å². The number of fused-ring (bicyclic) bond motifs is 1. The third-order valence-corrected chi connectivity index (χ3v) is 5.25. The van der Waals surface area contributed by atoms with Gasteiger partial charge in [-0.3, -0.25) is 9.48 Å². The first-order chi connectivity index (χ1) is 11.3. The lowest BCUT2D eigenvalue weighted by atomic mass is 9.96. The second-order valence-corrected chi connectivity index (χ2v) is 7.14. The topological polar surface area (TPSA) is 47.4 Å². The fraction of sp³-hybridized carbons (Fsp3) is 0.667. The zero-order chi connectivity index (χ0) is 15.8. The third-order valence-electron chi connectivity index (χ3n) is 5.25. The van der Waals surface area contributed by atoms with Gasteiger partial charge in [-0.1, -0.05) is 6.08 Å². The van der Waals surface area contributed by atoms with Crippen LogP contribution in [0.15, 0.2) is 17.8 Å². The highest BCUT2D eigenvalue weighted by Gasteiger charge is 2.34. The quantitative estimate of drug-likeness (QED) is 0.838. The Morgan fingerprint density at radius 1 is 1.43 bits per heavy atom. The predicted octanol–water partition coefficient (Wildman–Crippen LogP) is 2.48. The van der Waals surface area contributed by atoms with Gasteiger partial charge in [0.25, 0.3) is 0 Å². The van der Waals surface area contributed by atoms with Gasteiger partial charge in [-0.2, -0.15) is 5.10 Å². The van der Waals surface area contributed by atoms with Crippen LogP contribution in [0.1, 0.15) is 49.3 Å². The summed E-state index contributed by atoms with van der Waals surface area (Å²) in [6, 6.07) is 0. The molecule has 0 bridgehead atoms. The molecule has 1 aliphatic heterocycles. The van der Waals surface area contributed by atoms with Crippen LogP contribution in [0, 0.1) is 5.92 Å². The first kappa shape index (κ1) is 14.9. The number of allylic oxidation sites excluding steroid dienone is 1. The number of amides is 1. The van der Waals surface area contributed by atoms with E-state index >= 15 is 0 Å². The zero-order valence-electron chi connectivity index (χ0n) is 13.8. The van der Waals surface area contributed by atoms with Crippen molar-refractivity contribution < 1.29 is 9.53 Å². The highest BCUT2D eigenvalue weighted by atomic mass is 16.5. The van der Waals surface area contributed by atoms with Crippen molar-refractivity contribution in [3.05, 3.63) is 29.1 Å². The summed E-state index contributed by atoms with van der Waals surface area (Å²) in [6.45, 7) is 3.10. The van der Waals surface area contributed by atoms with Gasteiger partial charge in [0.1, 0.15) is 0 Å². The standard InChI is InChI=1S/C18H25N3O2/c1-23-12-16-11-20(18(22)14-4-2-3-5-14)10-15-8-19-21(17(15)16)9-13-6-7-13/h4,8,13,16H,2-3,5-7,9-12H2,1H3. The predicted molar refractivity (Wildman–Crippen MR) is 86.9 cm³/mol. The van der Waals surface area contributed by atoms with E-state index in [2.05, 4.69) is 15.9 Å². The van der Waals surface area contributed by atoms with E-state index in [1.807, 2.05) is 11.1 Å². The third kappa shape index (κ3) is 2.94. The van der Waals surface area contributed by atoms with Gasteiger partial charge in [0, 0.05) is 43.8 Å². The van der Waals surface area contributed by atoms with Crippen LogP contribution in [-0.4, -0.2) is 40.8 Å². The van der Waals surface area contributed by atoms with Crippen LogP contribution >= 0.6 is 0 Å². The molecule has 1 aromatic heterocycles. The fourth-order valence-corrected chi connectivity index (χ4v) is 3.90. The minimum absolute atomic E-state index is 0.212. The van der Waals surface area contributed by atoms with Crippen molar-refractivity contribution in [1.29, 1.82) is 0 Å². The maximum Gasteiger partial charge on any atom is 0.249 e. The van der Waals surface area contributed by atoms with Crippen LogP contribution in [0.4, 0.5) is 0 Å². The number of methoxy groups -OCH3 is 1. The summed E-state index contributed by atoms with van der Waals surface area (Å²) < 4.78 is 7.62. The van der Waals surface area contributed by atoms with E-state index in [9.17, 15) is 4.79 Å². The summed E-state index contributed by atoms with van der Waals surface area (Å²) >= 11 is 0. The Morgan fingerprint density at radius 3 is 3.00 bits per heavy atom. The van der Waals surface area contributed by atoms with E-state index in [4.69, 9.17) is 4.74 Å². The number of hydrogen-bond donors (Lipinski definition) is 0. The molecule has 2 aliphatic carbocycles. The van der Waals surface area contributed by atoms with Crippen molar-refractivity contribution in [2.45, 2.75) is 51.1 Å². The van der Waals surface area contributed by atoms with E-state index in [1.54, 1.807) is 7.11 Å². The van der Waals surface area contributed by atoms with Gasteiger partial charge in [-0.25, -0.2) is 0 Å². The minimum atomic E-state index is 0.212. The monoisotopic (exact) mass is 315 g/mol. The molecule has 1 unspecified atom stereocenters. The molecule has 0 radical (unpaired) electrons. The fourth-order valence-electron chi connectivity index (χ4n) is 3.90. The molecule has 3 aliphatic rings. The molecule has 0 saturated heterocycles. The lowest BCUT2D eigenvalue weighted by Crippen LogP contribution is -2.40. The smallest absolute Gasteiger partial charge is 0.249 e. The van der Waals surface area contributed by atoms with Crippen LogP contribution in [0.2, 0.25) is 0 Å². The molecule has 1 amide bonds. The molecule has 1 saturated carbocycles. The summed E-state index contributed by atoms with van der Waals surface area (Å²) in [5.41, 5.74) is 3.49. The summed E-state index contributed by atoms with van der Waals surface area (Å²) in [6.07, 6.45) is 9.80. The van der Waals surface area contributed by atoms with Crippen molar-refractivity contribution in [3.8, 4) is 0 Å². The first-order valence-corrected chi connectivity index (χ1v) is 8.78. The zero-order valence-corrected chi connectivity index (χ0v) is 13.8. The second-order valence-electron chi connectivity index (χ2n) is 7.14. The van der Waals surface area contributed by atoms with E-state index in [0.717, 1.165) is 43.8 Å². The Balaban J connectivity index is 1.57. The Morgan fingerprint density at radius 2 is 2.30 bits per heavy atom. The van der Waals surface area contributed by atoms with Crippen LogP contribution in [-0.2, 0) is 22.6 Å². The molecular weight excluding hydrogens is 290 g/mol. The molecule has 0 spiro atoms. The summed E-state index contributed by atoms with van der Waals surface area (Å²) in [5.74, 6) is 1.24. The van der Waals surface area contributed by atoms with Crippen molar-refractivity contribution in [2.75, 3.05) is 20.3 Å². The summed E-state index contributed by atoms with van der Waals surface area (Å²) in [4.78, 5) is 14.7. The molecule has 1 aromatic rings. The molecule has 5 nitrogen and oxygen atoms in total. The van der Waals surface area contributed by atoms with Crippen LogP contribution in [0.3, 0.4) is 0 Å². The van der Waals surface area contributed by atoms with Gasteiger partial charge in [0.2, 0.25) is 5.91 Å². The highest BCUT2D eigenvalue weighted by Crippen LogP contribution is 2.35. The molecule has 5 heteroatoms. The Bertz CT molecular complexity index is 630. The second kappa shape index (κ2) is 6.11. The van der Waals surface area contributed by atoms with E-state index in [1.165, 1.54) is 24.1 Å². The van der Waals surface area contributed by atoms with Crippen LogP contribution < -0.4 is 0 Å². The molecule has 1 fully saturated rings. The molecular formula is C18H25N3O2. The molecule has 0 N–H and O–H groups in total. The average Bonchev–Trinajstić information content (AvgIpc) is 3.04. The van der Waals surface area contributed by atoms with Crippen LogP contribution in [0.25, 0.3) is 0 Å². The maximum absolute atomic E-state index is 12.7. The molecule has 23 heavy (non-hydrogen) atoms. The van der Waals surface area contributed by atoms with Gasteiger partial charge >= 0.3 is 0 Å². The van der Waals surface area contributed by atoms with E-state index < -0.39 is 0 Å². The van der Waals surface area contributed by atoms with E-state index in [-0.39, 0.29) is 11.8 Å². The molecule has 0 aromatic carbocycles.